The molecule has 0 aliphatic carbocycles. The number of carboxylic acids is 1. The molecule has 6 N–H and O–H groups in total. The third-order valence-corrected chi connectivity index (χ3v) is 1.51. The number of hydrogen-bond donors (Lipinski definition) is 6. The fourth-order valence-electron chi connectivity index (χ4n) is 0.668. The Kier molecular flexibility index (Phi) is 8.64. The molecule has 0 aliphatic heterocycles. The van der Waals surface area contributed by atoms with Crippen LogP contribution in [0.1, 0.15) is 0 Å². The summed E-state index contributed by atoms with van der Waals surface area (Å²) in [7, 11) is 0. The number of hydrogen-bond acceptors (Lipinski definition) is 6. The highest BCUT2D eigenvalue weighted by molar-refractivity contribution is 5.75. The van der Waals surface area contributed by atoms with Gasteiger partial charge >= 0.3 is 5.97 Å². The second-order valence-corrected chi connectivity index (χ2v) is 2.51. The Hall–Kier alpha value is 0.0362. The van der Waals surface area contributed by atoms with Gasteiger partial charge in [0.15, 0.2) is 6.10 Å². The Morgan fingerprint density at radius 3 is 1.79 bits per heavy atom. The van der Waals surface area contributed by atoms with Gasteiger partial charge in [-0.3, -0.25) is 0 Å². The van der Waals surface area contributed by atoms with Gasteiger partial charge in [-0.05, 0) is 0 Å². The minimum absolute atomic E-state index is 0. The lowest BCUT2D eigenvalue weighted by Crippen LogP contribution is -2.48. The van der Waals surface area contributed by atoms with Crippen molar-refractivity contribution < 1.29 is 35.4 Å². The Morgan fingerprint density at radius 2 is 1.50 bits per heavy atom. The predicted molar refractivity (Wildman–Crippen MR) is 44.5 cm³/mol. The minimum Gasteiger partial charge on any atom is -0.479 e. The van der Waals surface area contributed by atoms with Crippen molar-refractivity contribution in [2.45, 2.75) is 24.4 Å². The van der Waals surface area contributed by atoms with E-state index in [-0.39, 0.29) is 23.1 Å². The average molecular weight is 220 g/mol. The predicted octanol–water partition coefficient (Wildman–Crippen LogP) is -3.87. The van der Waals surface area contributed by atoms with E-state index in [0.717, 1.165) is 0 Å². The van der Waals surface area contributed by atoms with Crippen LogP contribution < -0.4 is 0 Å². The zero-order valence-electron chi connectivity index (χ0n) is 7.32. The van der Waals surface area contributed by atoms with Gasteiger partial charge in [0.25, 0.3) is 0 Å². The van der Waals surface area contributed by atoms with E-state index >= 15 is 0 Å². The Morgan fingerprint density at radius 1 is 1.07 bits per heavy atom. The Bertz CT molecular complexity index is 176. The van der Waals surface area contributed by atoms with Gasteiger partial charge in [0.1, 0.15) is 18.3 Å². The molecule has 0 aromatic carbocycles. The highest BCUT2D eigenvalue weighted by Gasteiger charge is 2.33. The summed E-state index contributed by atoms with van der Waals surface area (Å²) in [6.07, 6.45) is -7.84. The molecule has 80 valence electrons. The molecular weight excluding hydrogens is 208 g/mol. The van der Waals surface area contributed by atoms with Crippen LogP contribution in [-0.4, -0.2) is 90.7 Å². The van der Waals surface area contributed by atoms with Crippen molar-refractivity contribution >= 4 is 29.0 Å². The van der Waals surface area contributed by atoms with E-state index in [9.17, 15) is 4.79 Å². The van der Waals surface area contributed by atoms with Crippen LogP contribution in [-0.2, 0) is 4.79 Å². The first-order valence-electron chi connectivity index (χ1n) is 3.47. The number of aliphatic hydroxyl groups excluding tert-OH is 5. The highest BCUT2D eigenvalue weighted by Crippen LogP contribution is 2.04. The van der Waals surface area contributed by atoms with Gasteiger partial charge < -0.3 is 30.6 Å². The molecule has 0 rings (SSSR count). The van der Waals surface area contributed by atoms with Crippen LogP contribution in [0.3, 0.4) is 0 Å². The van der Waals surface area contributed by atoms with Crippen molar-refractivity contribution in [3.63, 3.8) is 0 Å². The summed E-state index contributed by atoms with van der Waals surface area (Å²) in [6, 6.07) is 0. The van der Waals surface area contributed by atoms with Crippen LogP contribution in [0.5, 0.6) is 0 Å². The van der Waals surface area contributed by atoms with Gasteiger partial charge in [-0.2, -0.15) is 0 Å². The van der Waals surface area contributed by atoms with E-state index in [1.54, 1.807) is 0 Å². The Balaban J connectivity index is 0. The topological polar surface area (TPSA) is 138 Å². The van der Waals surface area contributed by atoms with Crippen LogP contribution in [0, 0.1) is 0 Å². The van der Waals surface area contributed by atoms with Crippen molar-refractivity contribution in [3.8, 4) is 0 Å². The normalized spacial score (nSPS) is 18.9. The van der Waals surface area contributed by atoms with Gasteiger partial charge in [0.05, 0.1) is 6.61 Å². The molecule has 0 fully saturated rings. The standard InChI is InChI=1S/C6H12O7.Mg/c7-1-2(8)3(9)4(10)5(11)6(12)13;/h2-5,7-11H,1H2,(H,12,13);/t2-,3-,4+,5-;/m1./s1. The van der Waals surface area contributed by atoms with Crippen molar-refractivity contribution in [3.05, 3.63) is 0 Å². The lowest BCUT2D eigenvalue weighted by molar-refractivity contribution is -0.164. The van der Waals surface area contributed by atoms with E-state index in [0.29, 0.717) is 0 Å². The van der Waals surface area contributed by atoms with Crippen molar-refractivity contribution in [1.82, 2.24) is 0 Å². The molecule has 0 bridgehead atoms. The van der Waals surface area contributed by atoms with Crippen molar-refractivity contribution in [2.75, 3.05) is 6.61 Å². The first kappa shape index (κ1) is 16.5. The smallest absolute Gasteiger partial charge is 0.335 e. The van der Waals surface area contributed by atoms with Gasteiger partial charge in [0.2, 0.25) is 0 Å². The summed E-state index contributed by atoms with van der Waals surface area (Å²) in [5.41, 5.74) is 0. The monoisotopic (exact) mass is 220 g/mol. The third kappa shape index (κ3) is 4.51. The van der Waals surface area contributed by atoms with Crippen molar-refractivity contribution in [2.24, 2.45) is 0 Å². The summed E-state index contributed by atoms with van der Waals surface area (Å²) in [5, 5.41) is 51.8. The number of carboxylic acid groups (broad SMARTS) is 1. The molecule has 0 saturated carbocycles. The highest BCUT2D eigenvalue weighted by atomic mass is 24.3. The molecule has 0 aromatic heterocycles. The van der Waals surface area contributed by atoms with Gasteiger partial charge in [-0.15, -0.1) is 0 Å². The van der Waals surface area contributed by atoms with Gasteiger partial charge in [-0.1, -0.05) is 0 Å². The van der Waals surface area contributed by atoms with E-state index in [1.807, 2.05) is 0 Å². The number of rotatable bonds is 5. The summed E-state index contributed by atoms with van der Waals surface area (Å²) in [4.78, 5) is 10.1. The molecule has 2 radical (unpaired) electrons. The van der Waals surface area contributed by atoms with Crippen LogP contribution in [0.2, 0.25) is 0 Å². The molecule has 0 saturated heterocycles. The minimum atomic E-state index is -2.20. The van der Waals surface area contributed by atoms with Crippen molar-refractivity contribution in [1.29, 1.82) is 0 Å². The average Bonchev–Trinajstić information content (AvgIpc) is 2.12. The van der Waals surface area contributed by atoms with Crippen LogP contribution >= 0.6 is 0 Å². The maximum atomic E-state index is 10.1. The van der Waals surface area contributed by atoms with Crippen LogP contribution in [0.25, 0.3) is 0 Å². The first-order valence-corrected chi connectivity index (χ1v) is 3.47. The SMILES string of the molecule is O=C(O)[C@H](O)[C@@H](O)[C@H](O)[C@H](O)CO.[Mg]. The Labute approximate surface area is 95.8 Å². The molecular formula is C6H12MgO7. The van der Waals surface area contributed by atoms with Gasteiger partial charge in [0, 0.05) is 23.1 Å². The molecule has 0 unspecified atom stereocenters. The lowest BCUT2D eigenvalue weighted by atomic mass is 10.0. The maximum Gasteiger partial charge on any atom is 0.335 e. The molecule has 7 nitrogen and oxygen atoms in total. The number of aliphatic hydroxyl groups is 5. The van der Waals surface area contributed by atoms with E-state index in [4.69, 9.17) is 30.6 Å². The van der Waals surface area contributed by atoms with E-state index < -0.39 is 37.0 Å². The number of carbonyl (C=O) groups is 1. The fourth-order valence-corrected chi connectivity index (χ4v) is 0.668. The molecule has 0 heterocycles. The van der Waals surface area contributed by atoms with E-state index in [2.05, 4.69) is 0 Å². The maximum absolute atomic E-state index is 10.1. The summed E-state index contributed by atoms with van der Waals surface area (Å²) < 4.78 is 0. The fraction of sp³-hybridized carbons (Fsp3) is 0.833. The van der Waals surface area contributed by atoms with E-state index in [1.165, 1.54) is 0 Å². The molecule has 0 aromatic rings. The molecule has 14 heavy (non-hydrogen) atoms. The number of aliphatic carboxylic acids is 1. The quantitative estimate of drug-likeness (QED) is 0.261. The first-order chi connectivity index (χ1) is 5.91. The largest absolute Gasteiger partial charge is 0.479 e. The molecule has 8 heteroatoms. The summed E-state index contributed by atoms with van der Waals surface area (Å²) >= 11 is 0. The molecule has 0 aliphatic rings. The second kappa shape index (κ2) is 7.34. The zero-order chi connectivity index (χ0) is 10.6. The second-order valence-electron chi connectivity index (χ2n) is 2.51. The zero-order valence-corrected chi connectivity index (χ0v) is 8.73. The van der Waals surface area contributed by atoms with Gasteiger partial charge in [-0.25, -0.2) is 4.79 Å². The summed E-state index contributed by atoms with van der Waals surface area (Å²) in [6.45, 7) is -0.843. The molecule has 0 amide bonds. The third-order valence-electron chi connectivity index (χ3n) is 1.51. The molecule has 0 spiro atoms. The summed E-state index contributed by atoms with van der Waals surface area (Å²) in [5.74, 6) is -1.73. The lowest BCUT2D eigenvalue weighted by Gasteiger charge is -2.23. The van der Waals surface area contributed by atoms with Crippen LogP contribution in [0.4, 0.5) is 0 Å². The molecule has 4 atom stereocenters. The van der Waals surface area contributed by atoms with Crippen LogP contribution in [0.15, 0.2) is 0 Å².